The standard InChI is InChI=1S/C14H16N2O2S/c1-9(2)12-8-19-13(16-12)7-15-14(18)10-3-5-11(17)6-4-10/h3-6,8-9,17H,7H2,1-2H3,(H,15,18). The number of hydrogen-bond donors (Lipinski definition) is 2. The Morgan fingerprint density at radius 3 is 2.63 bits per heavy atom. The zero-order valence-electron chi connectivity index (χ0n) is 10.9. The molecule has 0 atom stereocenters. The van der Waals surface area contributed by atoms with Crippen LogP contribution in [0.15, 0.2) is 29.6 Å². The number of rotatable bonds is 4. The van der Waals surface area contributed by atoms with Gasteiger partial charge in [0.25, 0.3) is 5.91 Å². The van der Waals surface area contributed by atoms with Gasteiger partial charge in [0, 0.05) is 10.9 Å². The number of thiazole rings is 1. The Morgan fingerprint density at radius 2 is 2.05 bits per heavy atom. The van der Waals surface area contributed by atoms with E-state index < -0.39 is 0 Å². The van der Waals surface area contributed by atoms with E-state index in [4.69, 9.17) is 5.11 Å². The molecule has 0 unspecified atom stereocenters. The third kappa shape index (κ3) is 3.54. The Bertz CT molecular complexity index is 561. The molecule has 4 nitrogen and oxygen atoms in total. The summed E-state index contributed by atoms with van der Waals surface area (Å²) in [6.07, 6.45) is 0. The summed E-state index contributed by atoms with van der Waals surface area (Å²) in [4.78, 5) is 16.3. The zero-order chi connectivity index (χ0) is 13.8. The third-order valence-corrected chi connectivity index (χ3v) is 3.56. The Hall–Kier alpha value is -1.88. The van der Waals surface area contributed by atoms with E-state index in [1.54, 1.807) is 23.5 Å². The quantitative estimate of drug-likeness (QED) is 0.902. The summed E-state index contributed by atoms with van der Waals surface area (Å²) >= 11 is 1.55. The van der Waals surface area contributed by atoms with E-state index in [1.165, 1.54) is 12.1 Å². The van der Waals surface area contributed by atoms with Gasteiger partial charge in [0.2, 0.25) is 0 Å². The molecule has 0 fully saturated rings. The lowest BCUT2D eigenvalue weighted by atomic mass is 10.2. The topological polar surface area (TPSA) is 62.2 Å². The second-order valence-corrected chi connectivity index (χ2v) is 5.49. The van der Waals surface area contributed by atoms with Crippen molar-refractivity contribution in [2.24, 2.45) is 0 Å². The van der Waals surface area contributed by atoms with Gasteiger partial charge in [-0.3, -0.25) is 4.79 Å². The number of benzene rings is 1. The maximum atomic E-state index is 11.9. The van der Waals surface area contributed by atoms with Crippen LogP contribution in [-0.2, 0) is 6.54 Å². The molecular formula is C14H16N2O2S. The normalized spacial score (nSPS) is 10.7. The van der Waals surface area contributed by atoms with Crippen LogP contribution in [0.4, 0.5) is 0 Å². The van der Waals surface area contributed by atoms with Crippen LogP contribution in [0.2, 0.25) is 0 Å². The fourth-order valence-electron chi connectivity index (χ4n) is 1.54. The Kier molecular flexibility index (Phi) is 4.16. The summed E-state index contributed by atoms with van der Waals surface area (Å²) in [7, 11) is 0. The Labute approximate surface area is 116 Å². The van der Waals surface area contributed by atoms with E-state index in [1.807, 2.05) is 5.38 Å². The number of phenols is 1. The summed E-state index contributed by atoms with van der Waals surface area (Å²) in [6, 6.07) is 6.17. The highest BCUT2D eigenvalue weighted by molar-refractivity contribution is 7.09. The first-order valence-corrected chi connectivity index (χ1v) is 6.95. The second kappa shape index (κ2) is 5.84. The van der Waals surface area contributed by atoms with Gasteiger partial charge in [0.05, 0.1) is 12.2 Å². The van der Waals surface area contributed by atoms with E-state index in [0.29, 0.717) is 18.0 Å². The highest BCUT2D eigenvalue weighted by Crippen LogP contribution is 2.17. The molecule has 5 heteroatoms. The molecule has 0 spiro atoms. The smallest absolute Gasteiger partial charge is 0.251 e. The molecule has 0 bridgehead atoms. The molecular weight excluding hydrogens is 260 g/mol. The molecule has 2 N–H and O–H groups in total. The molecule has 2 aromatic rings. The number of hydrogen-bond acceptors (Lipinski definition) is 4. The van der Waals surface area contributed by atoms with E-state index in [9.17, 15) is 4.79 Å². The molecule has 0 saturated carbocycles. The molecule has 0 aliphatic heterocycles. The minimum absolute atomic E-state index is 0.151. The zero-order valence-corrected chi connectivity index (χ0v) is 11.7. The summed E-state index contributed by atoms with van der Waals surface area (Å²) in [5.41, 5.74) is 1.58. The maximum Gasteiger partial charge on any atom is 0.251 e. The van der Waals surface area contributed by atoms with Crippen LogP contribution < -0.4 is 5.32 Å². The van der Waals surface area contributed by atoms with Crippen molar-refractivity contribution >= 4 is 17.2 Å². The molecule has 0 saturated heterocycles. The highest BCUT2D eigenvalue weighted by Gasteiger charge is 2.08. The number of carbonyl (C=O) groups is 1. The van der Waals surface area contributed by atoms with Crippen LogP contribution >= 0.6 is 11.3 Å². The number of amides is 1. The average molecular weight is 276 g/mol. The number of phenolic OH excluding ortho intramolecular Hbond substituents is 1. The molecule has 1 aromatic carbocycles. The average Bonchev–Trinajstić information content (AvgIpc) is 2.86. The van der Waals surface area contributed by atoms with E-state index in [-0.39, 0.29) is 11.7 Å². The molecule has 0 aliphatic rings. The molecule has 1 heterocycles. The van der Waals surface area contributed by atoms with Crippen LogP contribution in [0.3, 0.4) is 0 Å². The molecule has 100 valence electrons. The van der Waals surface area contributed by atoms with Crippen molar-refractivity contribution in [1.29, 1.82) is 0 Å². The Morgan fingerprint density at radius 1 is 1.37 bits per heavy atom. The van der Waals surface area contributed by atoms with Crippen molar-refractivity contribution in [2.75, 3.05) is 0 Å². The molecule has 0 radical (unpaired) electrons. The van der Waals surface area contributed by atoms with Crippen LogP contribution in [0.25, 0.3) is 0 Å². The van der Waals surface area contributed by atoms with Gasteiger partial charge in [-0.05, 0) is 30.2 Å². The molecule has 1 amide bonds. The van der Waals surface area contributed by atoms with Crippen molar-refractivity contribution in [3.8, 4) is 5.75 Å². The predicted molar refractivity (Wildman–Crippen MR) is 75.5 cm³/mol. The van der Waals surface area contributed by atoms with Gasteiger partial charge in [0.15, 0.2) is 0 Å². The van der Waals surface area contributed by atoms with Gasteiger partial charge in [-0.25, -0.2) is 4.98 Å². The number of aromatic nitrogens is 1. The SMILES string of the molecule is CC(C)c1csc(CNC(=O)c2ccc(O)cc2)n1. The number of aromatic hydroxyl groups is 1. The minimum Gasteiger partial charge on any atom is -0.508 e. The maximum absolute atomic E-state index is 11.9. The summed E-state index contributed by atoms with van der Waals surface area (Å²) in [6.45, 7) is 4.61. The fraction of sp³-hybridized carbons (Fsp3) is 0.286. The molecule has 2 rings (SSSR count). The number of carbonyl (C=O) groups excluding carboxylic acids is 1. The summed E-state index contributed by atoms with van der Waals surface area (Å²) < 4.78 is 0. The minimum atomic E-state index is -0.165. The van der Waals surface area contributed by atoms with Crippen LogP contribution in [0.5, 0.6) is 5.75 Å². The lowest BCUT2D eigenvalue weighted by molar-refractivity contribution is 0.0951. The largest absolute Gasteiger partial charge is 0.508 e. The van der Waals surface area contributed by atoms with Crippen LogP contribution in [0, 0.1) is 0 Å². The van der Waals surface area contributed by atoms with Gasteiger partial charge in [-0.1, -0.05) is 13.8 Å². The third-order valence-electron chi connectivity index (χ3n) is 2.69. The lowest BCUT2D eigenvalue weighted by Gasteiger charge is -2.03. The van der Waals surface area contributed by atoms with Crippen LogP contribution in [-0.4, -0.2) is 16.0 Å². The molecule has 0 aliphatic carbocycles. The summed E-state index contributed by atoms with van der Waals surface area (Å²) in [5.74, 6) is 0.386. The van der Waals surface area contributed by atoms with Crippen molar-refractivity contribution < 1.29 is 9.90 Å². The first-order chi connectivity index (χ1) is 9.06. The van der Waals surface area contributed by atoms with E-state index >= 15 is 0 Å². The second-order valence-electron chi connectivity index (χ2n) is 4.55. The lowest BCUT2D eigenvalue weighted by Crippen LogP contribution is -2.22. The monoisotopic (exact) mass is 276 g/mol. The summed E-state index contributed by atoms with van der Waals surface area (Å²) in [5, 5.41) is 14.9. The predicted octanol–water partition coefficient (Wildman–Crippen LogP) is 2.90. The van der Waals surface area contributed by atoms with Crippen molar-refractivity contribution in [3.63, 3.8) is 0 Å². The van der Waals surface area contributed by atoms with E-state index in [0.717, 1.165) is 10.7 Å². The first kappa shape index (κ1) is 13.5. The highest BCUT2D eigenvalue weighted by atomic mass is 32.1. The van der Waals surface area contributed by atoms with Gasteiger partial charge in [-0.2, -0.15) is 0 Å². The van der Waals surface area contributed by atoms with Gasteiger partial charge >= 0.3 is 0 Å². The van der Waals surface area contributed by atoms with Crippen molar-refractivity contribution in [1.82, 2.24) is 10.3 Å². The molecule has 19 heavy (non-hydrogen) atoms. The van der Waals surface area contributed by atoms with Crippen molar-refractivity contribution in [2.45, 2.75) is 26.3 Å². The van der Waals surface area contributed by atoms with Gasteiger partial charge in [-0.15, -0.1) is 11.3 Å². The van der Waals surface area contributed by atoms with Crippen LogP contribution in [0.1, 0.15) is 40.8 Å². The first-order valence-electron chi connectivity index (χ1n) is 6.08. The Balaban J connectivity index is 1.94. The van der Waals surface area contributed by atoms with Gasteiger partial charge < -0.3 is 10.4 Å². The van der Waals surface area contributed by atoms with Crippen molar-refractivity contribution in [3.05, 3.63) is 45.9 Å². The van der Waals surface area contributed by atoms with E-state index in [2.05, 4.69) is 24.1 Å². The van der Waals surface area contributed by atoms with Gasteiger partial charge in [0.1, 0.15) is 10.8 Å². The number of nitrogens with zero attached hydrogens (tertiary/aromatic N) is 1. The molecule has 1 aromatic heterocycles. The fourth-order valence-corrected chi connectivity index (χ4v) is 2.44. The number of nitrogens with one attached hydrogen (secondary N) is 1.